The van der Waals surface area contributed by atoms with Gasteiger partial charge in [0.05, 0.1) is 6.33 Å². The molecule has 1 aliphatic heterocycles. The third kappa shape index (κ3) is 5.52. The maximum atomic E-state index is 13.0. The van der Waals surface area contributed by atoms with Gasteiger partial charge in [0.2, 0.25) is 5.72 Å². The Morgan fingerprint density at radius 2 is 1.73 bits per heavy atom. The molecule has 6 rings (SSSR count). The average molecular weight is 610 g/mol. The monoisotopic (exact) mass is 609 g/mol. The fraction of sp³-hybridized carbons (Fsp3) is 0.281. The second kappa shape index (κ2) is 12.5. The lowest BCUT2D eigenvalue weighted by Gasteiger charge is -2.40. The summed E-state index contributed by atoms with van der Waals surface area (Å²) >= 11 is 0. The first-order valence-corrected chi connectivity index (χ1v) is 14.6. The molecule has 13 nitrogen and oxygen atoms in total. The van der Waals surface area contributed by atoms with Crippen LogP contribution in [0.2, 0.25) is 0 Å². The minimum absolute atomic E-state index is 0.0233. The number of benzene rings is 2. The highest BCUT2D eigenvalue weighted by Crippen LogP contribution is 2.43. The number of nitrogens with one attached hydrogen (secondary N) is 2. The molecule has 0 radical (unpaired) electrons. The van der Waals surface area contributed by atoms with Gasteiger partial charge in [0.25, 0.3) is 5.91 Å². The number of fused-ring (bicyclic) bond motifs is 1. The minimum Gasteiger partial charge on any atom is -0.385 e. The van der Waals surface area contributed by atoms with Gasteiger partial charge in [-0.05, 0) is 30.2 Å². The van der Waals surface area contributed by atoms with Crippen LogP contribution in [0.25, 0.3) is 11.2 Å². The van der Waals surface area contributed by atoms with Gasteiger partial charge in [-0.3, -0.25) is 9.36 Å². The molecule has 3 aromatic heterocycles. The number of aromatic nitrogens is 5. The first-order valence-electron chi connectivity index (χ1n) is 14.6. The fourth-order valence-electron chi connectivity index (χ4n) is 5.76. The molecule has 0 aliphatic carbocycles. The van der Waals surface area contributed by atoms with Crippen LogP contribution < -0.4 is 21.3 Å². The Morgan fingerprint density at radius 1 is 1.04 bits per heavy atom. The van der Waals surface area contributed by atoms with Crippen LogP contribution >= 0.6 is 0 Å². The quantitative estimate of drug-likeness (QED) is 0.147. The lowest BCUT2D eigenvalue weighted by molar-refractivity contribution is -0.137. The van der Waals surface area contributed by atoms with Crippen molar-refractivity contribution < 1.29 is 19.7 Å². The molecule has 6 N–H and O–H groups in total. The zero-order chi connectivity index (χ0) is 31.6. The number of hydrogen-bond donors (Lipinski definition) is 5. The maximum absolute atomic E-state index is 13.0. The highest BCUT2D eigenvalue weighted by atomic mass is 16.6. The molecule has 2 aromatic carbocycles. The van der Waals surface area contributed by atoms with E-state index in [9.17, 15) is 15.0 Å². The average Bonchev–Trinajstić information content (AvgIpc) is 3.61. The Labute approximate surface area is 259 Å². The fourth-order valence-corrected chi connectivity index (χ4v) is 5.76. The second-order valence-electron chi connectivity index (χ2n) is 10.8. The number of hydrogen-bond acceptors (Lipinski definition) is 11. The van der Waals surface area contributed by atoms with Crippen LogP contribution in [0.15, 0.2) is 91.5 Å². The largest absolute Gasteiger partial charge is 0.385 e. The van der Waals surface area contributed by atoms with Crippen LogP contribution in [0.4, 0.5) is 17.5 Å². The first kappa shape index (κ1) is 29.9. The third-order valence-electron chi connectivity index (χ3n) is 8.10. The lowest BCUT2D eigenvalue weighted by Crippen LogP contribution is -2.60. The smallest absolute Gasteiger partial charge is 0.252 e. The molecule has 1 aliphatic rings. The van der Waals surface area contributed by atoms with Crippen LogP contribution in [0.3, 0.4) is 0 Å². The van der Waals surface area contributed by atoms with Crippen LogP contribution in [-0.2, 0) is 9.53 Å². The van der Waals surface area contributed by atoms with Crippen molar-refractivity contribution in [3.8, 4) is 0 Å². The molecule has 1 fully saturated rings. The third-order valence-corrected chi connectivity index (χ3v) is 8.10. The number of aliphatic hydroxyl groups is 2. The molecule has 0 spiro atoms. The standard InChI is InChI=1S/C32H35N9O4/c1-3-34-30(43)26-27(42)32(44,40(2)24-16-10-15-23(33)39-24)31(45-26)41-19-38-25-28(36-18-37-29(25)41)35-17-22(20-11-6-4-7-12-20)21-13-8-5-9-14-21/h4-16,18-19,22,26-27,31,42,44H,3,17H2,1-2H3,(H2,33,39)(H,34,43)(H,35,36,37)/t26-,27+,31+,32+/m0/s1. The Morgan fingerprint density at radius 3 is 2.38 bits per heavy atom. The summed E-state index contributed by atoms with van der Waals surface area (Å²) in [7, 11) is 1.54. The van der Waals surface area contributed by atoms with Gasteiger partial charge >= 0.3 is 0 Å². The van der Waals surface area contributed by atoms with E-state index in [1.807, 2.05) is 36.4 Å². The molecule has 4 atom stereocenters. The molecule has 0 saturated carbocycles. The van der Waals surface area contributed by atoms with Gasteiger partial charge in [0.15, 0.2) is 29.3 Å². The van der Waals surface area contributed by atoms with Crippen molar-refractivity contribution in [1.82, 2.24) is 29.8 Å². The van der Waals surface area contributed by atoms with Gasteiger partial charge in [0, 0.05) is 26.1 Å². The Bertz CT molecular complexity index is 1730. The van der Waals surface area contributed by atoms with Gasteiger partial charge in [-0.2, -0.15) is 0 Å². The predicted molar refractivity (Wildman–Crippen MR) is 169 cm³/mol. The number of pyridine rings is 1. The van der Waals surface area contributed by atoms with Crippen molar-refractivity contribution in [2.24, 2.45) is 0 Å². The van der Waals surface area contributed by atoms with Crippen molar-refractivity contribution in [2.75, 3.05) is 36.1 Å². The Balaban J connectivity index is 1.36. The van der Waals surface area contributed by atoms with Crippen molar-refractivity contribution in [1.29, 1.82) is 0 Å². The van der Waals surface area contributed by atoms with E-state index in [0.29, 0.717) is 30.1 Å². The Kier molecular flexibility index (Phi) is 8.30. The highest BCUT2D eigenvalue weighted by molar-refractivity contribution is 5.84. The molecule has 5 aromatic rings. The Hall–Kier alpha value is -5.11. The number of rotatable bonds is 10. The van der Waals surface area contributed by atoms with E-state index in [1.165, 1.54) is 29.2 Å². The molecule has 232 valence electrons. The SMILES string of the molecule is CCNC(=O)[C@H]1O[C@@H](n2cnc3c(NCC(c4ccccc4)c4ccccc4)ncnc32)[C@@](O)(N(C)c2cccc(N)n2)[C@@H]1O. The predicted octanol–water partition coefficient (Wildman–Crippen LogP) is 2.27. The molecule has 0 unspecified atom stereocenters. The number of carbonyl (C=O) groups is 1. The molecule has 4 heterocycles. The molecular formula is C32H35N9O4. The van der Waals surface area contributed by atoms with Gasteiger partial charge in [-0.1, -0.05) is 66.7 Å². The van der Waals surface area contributed by atoms with E-state index >= 15 is 0 Å². The number of nitrogens with zero attached hydrogens (tertiary/aromatic N) is 6. The molecule has 1 amide bonds. The number of nitrogens with two attached hydrogens (primary N) is 1. The lowest BCUT2D eigenvalue weighted by atomic mass is 9.91. The number of carbonyl (C=O) groups excluding carboxylic acids is 1. The zero-order valence-electron chi connectivity index (χ0n) is 24.9. The second-order valence-corrected chi connectivity index (χ2v) is 10.8. The van der Waals surface area contributed by atoms with Gasteiger partial charge in [-0.25, -0.2) is 19.9 Å². The number of likely N-dealkylation sites (N-methyl/N-ethyl adjacent to an activating group) is 2. The van der Waals surface area contributed by atoms with E-state index in [2.05, 4.69) is 54.8 Å². The maximum Gasteiger partial charge on any atom is 0.252 e. The number of aliphatic hydroxyl groups excluding tert-OH is 1. The number of ether oxygens (including phenoxy) is 1. The number of imidazole rings is 1. The van der Waals surface area contributed by atoms with Crippen molar-refractivity contribution in [3.05, 3.63) is 103 Å². The van der Waals surface area contributed by atoms with Gasteiger partial charge in [-0.15, -0.1) is 0 Å². The van der Waals surface area contributed by atoms with Crippen LogP contribution in [-0.4, -0.2) is 78.7 Å². The molecule has 1 saturated heterocycles. The summed E-state index contributed by atoms with van der Waals surface area (Å²) in [5.74, 6) is 0.401. The van der Waals surface area contributed by atoms with Crippen LogP contribution in [0.5, 0.6) is 0 Å². The molecule has 0 bridgehead atoms. The summed E-state index contributed by atoms with van der Waals surface area (Å²) in [5.41, 5.74) is 6.75. The van der Waals surface area contributed by atoms with Crippen molar-refractivity contribution >= 4 is 34.5 Å². The van der Waals surface area contributed by atoms with Crippen molar-refractivity contribution in [3.63, 3.8) is 0 Å². The first-order chi connectivity index (χ1) is 21.8. The van der Waals surface area contributed by atoms with Gasteiger partial charge < -0.3 is 36.2 Å². The summed E-state index contributed by atoms with van der Waals surface area (Å²) in [6, 6.07) is 25.3. The van der Waals surface area contributed by atoms with E-state index in [-0.39, 0.29) is 17.6 Å². The van der Waals surface area contributed by atoms with E-state index in [0.717, 1.165) is 11.1 Å². The number of amides is 1. The minimum atomic E-state index is -2.19. The van der Waals surface area contributed by atoms with Crippen molar-refractivity contribution in [2.45, 2.75) is 37.0 Å². The van der Waals surface area contributed by atoms with E-state index in [4.69, 9.17) is 10.5 Å². The van der Waals surface area contributed by atoms with Crippen LogP contribution in [0, 0.1) is 0 Å². The summed E-state index contributed by atoms with van der Waals surface area (Å²) in [4.78, 5) is 32.1. The van der Waals surface area contributed by atoms with E-state index in [1.54, 1.807) is 25.1 Å². The van der Waals surface area contributed by atoms with Gasteiger partial charge in [0.1, 0.15) is 24.1 Å². The summed E-state index contributed by atoms with van der Waals surface area (Å²) in [6.45, 7) is 2.57. The van der Waals surface area contributed by atoms with E-state index < -0.39 is 30.1 Å². The molecular weight excluding hydrogens is 574 g/mol. The summed E-state index contributed by atoms with van der Waals surface area (Å²) in [6.07, 6.45) is -1.59. The topological polar surface area (TPSA) is 177 Å². The summed E-state index contributed by atoms with van der Waals surface area (Å²) < 4.78 is 7.60. The zero-order valence-corrected chi connectivity index (χ0v) is 24.9. The van der Waals surface area contributed by atoms with Crippen LogP contribution in [0.1, 0.15) is 30.2 Å². The molecule has 45 heavy (non-hydrogen) atoms. The number of anilines is 3. The molecule has 13 heteroatoms. The normalized spacial score (nSPS) is 21.2. The number of nitrogen functional groups attached to an aromatic ring is 1. The highest BCUT2D eigenvalue weighted by Gasteiger charge is 2.61. The summed E-state index contributed by atoms with van der Waals surface area (Å²) in [5, 5.41) is 29.8.